The number of carbonyl (C=O) groups is 5. The number of nitrogens with one attached hydrogen (secondary N) is 2. The van der Waals surface area contributed by atoms with Gasteiger partial charge in [0.25, 0.3) is 5.91 Å². The van der Waals surface area contributed by atoms with Gasteiger partial charge in [-0.05, 0) is 83.5 Å². The summed E-state index contributed by atoms with van der Waals surface area (Å²) < 4.78 is 20.7. The van der Waals surface area contributed by atoms with Crippen molar-refractivity contribution < 1.29 is 38.6 Å². The Kier molecular flexibility index (Phi) is 16.3. The van der Waals surface area contributed by atoms with Gasteiger partial charge in [-0.25, -0.2) is 9.97 Å². The predicted octanol–water partition coefficient (Wildman–Crippen LogP) is 4.36. The molecule has 7 aromatic rings. The summed E-state index contributed by atoms with van der Waals surface area (Å²) in [5.74, 6) is -2.21. The van der Waals surface area contributed by atoms with Gasteiger partial charge in [-0.1, -0.05) is 18.2 Å². The molecule has 0 aliphatic rings. The molecule has 23 heteroatoms. The van der Waals surface area contributed by atoms with Crippen LogP contribution in [0.1, 0.15) is 75.0 Å². The van der Waals surface area contributed by atoms with Crippen LogP contribution in [-0.4, -0.2) is 96.9 Å². The van der Waals surface area contributed by atoms with E-state index in [4.69, 9.17) is 31.8 Å². The van der Waals surface area contributed by atoms with Gasteiger partial charge in [0, 0.05) is 55.6 Å². The summed E-state index contributed by atoms with van der Waals surface area (Å²) in [5.41, 5.74) is 22.5. The number of ether oxygens (including phenoxy) is 2. The van der Waals surface area contributed by atoms with Crippen LogP contribution >= 0.6 is 0 Å². The van der Waals surface area contributed by atoms with E-state index in [0.29, 0.717) is 53.1 Å². The molecule has 9 N–H and O–H groups in total. The van der Waals surface area contributed by atoms with E-state index >= 15 is 0 Å². The lowest BCUT2D eigenvalue weighted by Crippen LogP contribution is -2.20. The minimum Gasteiger partial charge on any atom is -0.491 e. The Hall–Kier alpha value is -8.76. The Labute approximate surface area is 395 Å². The van der Waals surface area contributed by atoms with Crippen LogP contribution in [0.5, 0.6) is 11.5 Å². The molecule has 23 nitrogen and oxygen atoms in total. The SMILES string of the molecule is CCn1nc(C)cc1C.CCn1nc(C)cc1C(=O)Nc1nc2cc(C(N)=O)cc(OCCCC(=O)O)c2n1C/C=C/Cn1c(NC=O)nc2cc(C(N)=O)cc(OC/C=C/Cn3cc(N)cn3)c21. The minimum absolute atomic E-state index is 0.00136. The zero-order chi connectivity index (χ0) is 49.8. The van der Waals surface area contributed by atoms with Gasteiger partial charge in [0.05, 0.1) is 47.5 Å². The smallest absolute Gasteiger partial charge is 0.303 e. The molecule has 0 saturated carbocycles. The van der Waals surface area contributed by atoms with Gasteiger partial charge in [-0.2, -0.15) is 15.3 Å². The van der Waals surface area contributed by atoms with E-state index in [-0.39, 0.29) is 79.2 Å². The highest BCUT2D eigenvalue weighted by molar-refractivity contribution is 6.04. The number of hydrogen-bond acceptors (Lipinski definition) is 13. The van der Waals surface area contributed by atoms with E-state index in [1.807, 2.05) is 24.6 Å². The molecule has 0 unspecified atom stereocenters. The number of anilines is 3. The maximum absolute atomic E-state index is 13.7. The van der Waals surface area contributed by atoms with Crippen LogP contribution in [-0.2, 0) is 42.3 Å². The van der Waals surface area contributed by atoms with Crippen molar-refractivity contribution in [1.29, 1.82) is 0 Å². The van der Waals surface area contributed by atoms with Crippen LogP contribution in [0.3, 0.4) is 0 Å². The number of imidazole rings is 2. The zero-order valence-electron chi connectivity index (χ0n) is 38.9. The molecule has 0 aliphatic heterocycles. The van der Waals surface area contributed by atoms with Gasteiger partial charge in [-0.3, -0.25) is 48.7 Å². The summed E-state index contributed by atoms with van der Waals surface area (Å²) in [4.78, 5) is 70.3. The number of nitrogens with two attached hydrogens (primary N) is 3. The van der Waals surface area contributed by atoms with Crippen molar-refractivity contribution in [3.05, 3.63) is 107 Å². The molecule has 69 heavy (non-hydrogen) atoms. The number of aryl methyl sites for hydroxylation is 5. The fourth-order valence-electron chi connectivity index (χ4n) is 7.34. The van der Waals surface area contributed by atoms with E-state index in [1.165, 1.54) is 36.2 Å². The Morgan fingerprint density at radius 1 is 0.754 bits per heavy atom. The van der Waals surface area contributed by atoms with Crippen LogP contribution in [0.15, 0.2) is 73.1 Å². The summed E-state index contributed by atoms with van der Waals surface area (Å²) in [6.45, 7) is 12.0. The van der Waals surface area contributed by atoms with E-state index in [2.05, 4.69) is 55.8 Å². The molecule has 2 aromatic carbocycles. The highest BCUT2D eigenvalue weighted by Gasteiger charge is 2.22. The average Bonchev–Trinajstić information content (AvgIpc) is 4.14. The van der Waals surface area contributed by atoms with Gasteiger partial charge in [0.15, 0.2) is 0 Å². The maximum atomic E-state index is 13.7. The van der Waals surface area contributed by atoms with Crippen molar-refractivity contribution in [2.45, 2.75) is 80.2 Å². The van der Waals surface area contributed by atoms with Crippen molar-refractivity contribution in [2.75, 3.05) is 29.6 Å². The normalized spacial score (nSPS) is 11.3. The molecule has 7 rings (SSSR count). The number of fused-ring (bicyclic) bond motifs is 2. The molecular weight excluding hydrogens is 891 g/mol. The van der Waals surface area contributed by atoms with E-state index in [9.17, 15) is 24.0 Å². The number of aromatic nitrogens is 10. The number of carbonyl (C=O) groups excluding carboxylic acids is 4. The Morgan fingerprint density at radius 2 is 1.33 bits per heavy atom. The molecule has 0 atom stereocenters. The number of nitrogen functional groups attached to an aromatic ring is 1. The number of hydrogen-bond donors (Lipinski definition) is 6. The third-order valence-electron chi connectivity index (χ3n) is 10.4. The number of nitrogens with zero attached hydrogens (tertiary/aromatic N) is 10. The van der Waals surface area contributed by atoms with Gasteiger partial charge in [0.2, 0.25) is 30.1 Å². The van der Waals surface area contributed by atoms with Crippen LogP contribution in [0.4, 0.5) is 17.6 Å². The lowest BCUT2D eigenvalue weighted by Gasteiger charge is -2.13. The van der Waals surface area contributed by atoms with E-state index in [0.717, 1.165) is 12.2 Å². The molecule has 362 valence electrons. The fraction of sp³-hybridized carbons (Fsp3) is 0.304. The fourth-order valence-corrected chi connectivity index (χ4v) is 7.34. The second kappa shape index (κ2) is 22.6. The van der Waals surface area contributed by atoms with Crippen molar-refractivity contribution in [1.82, 2.24) is 48.4 Å². The van der Waals surface area contributed by atoms with E-state index in [1.54, 1.807) is 55.9 Å². The van der Waals surface area contributed by atoms with Crippen molar-refractivity contribution in [3.8, 4) is 11.5 Å². The van der Waals surface area contributed by atoms with Crippen LogP contribution in [0, 0.1) is 20.8 Å². The first-order chi connectivity index (χ1) is 33.1. The zero-order valence-corrected chi connectivity index (χ0v) is 38.9. The van der Waals surface area contributed by atoms with Crippen LogP contribution < -0.4 is 37.3 Å². The number of allylic oxidation sites excluding steroid dienone is 3. The topological polar surface area (TPSA) is 315 Å². The number of aliphatic carboxylic acids is 1. The molecule has 5 aromatic heterocycles. The lowest BCUT2D eigenvalue weighted by molar-refractivity contribution is -0.137. The Bertz CT molecular complexity index is 3060. The molecular formula is C46H55N15O8. The van der Waals surface area contributed by atoms with E-state index < -0.39 is 23.7 Å². The molecule has 0 saturated heterocycles. The largest absolute Gasteiger partial charge is 0.491 e. The van der Waals surface area contributed by atoms with Crippen molar-refractivity contribution in [3.63, 3.8) is 0 Å². The highest BCUT2D eigenvalue weighted by Crippen LogP contribution is 2.33. The number of primary amides is 2. The molecule has 0 aliphatic carbocycles. The molecule has 4 amide bonds. The van der Waals surface area contributed by atoms with Crippen LogP contribution in [0.2, 0.25) is 0 Å². The first-order valence-corrected chi connectivity index (χ1v) is 21.9. The lowest BCUT2D eigenvalue weighted by atomic mass is 10.1. The van der Waals surface area contributed by atoms with Crippen LogP contribution in [0.25, 0.3) is 22.1 Å². The molecule has 0 fully saturated rings. The summed E-state index contributed by atoms with van der Waals surface area (Å²) in [7, 11) is 0. The predicted molar refractivity (Wildman–Crippen MR) is 257 cm³/mol. The first kappa shape index (κ1) is 49.7. The Balaban J connectivity index is 0.000000779. The minimum atomic E-state index is -0.995. The summed E-state index contributed by atoms with van der Waals surface area (Å²) in [6, 6.07) is 9.63. The van der Waals surface area contributed by atoms with Gasteiger partial charge < -0.3 is 40.9 Å². The standard InChI is InChI=1S/C39H43N13O8.C7H12N2/c1-3-52-29(15-23(2)48-52)37(58)47-39-46-28-17-25(36(42)57)19-31(60-14-8-9-32(54)55)34(28)51(39)12-5-4-11-50-33-27(45-38(50)43-22-53)16-24(35(41)56)18-30(33)59-13-7-6-10-49-21-26(40)20-44-49;1-4-9-7(3)5-6(2)8-9/h4-7,15-22H,3,8-14,40H2,1-2H3,(H2,41,56)(H2,42,57)(H,54,55)(H,43,45,53)(H,46,47,58);5H,4H2,1-3H3/b5-4+,7-6+;. The number of benzene rings is 2. The third-order valence-corrected chi connectivity index (χ3v) is 10.4. The highest BCUT2D eigenvalue weighted by atomic mass is 16.5. The third kappa shape index (κ3) is 12.4. The molecule has 0 bridgehead atoms. The number of amides is 4. The molecule has 5 heterocycles. The molecule has 0 spiro atoms. The van der Waals surface area contributed by atoms with Gasteiger partial charge >= 0.3 is 5.97 Å². The quantitative estimate of drug-likeness (QED) is 0.0313. The van der Waals surface area contributed by atoms with Gasteiger partial charge in [-0.15, -0.1) is 0 Å². The monoisotopic (exact) mass is 945 g/mol. The second-order valence-electron chi connectivity index (χ2n) is 15.5. The summed E-state index contributed by atoms with van der Waals surface area (Å²) in [6.07, 6.45) is 10.9. The number of carboxylic acids is 1. The number of rotatable bonds is 22. The average molecular weight is 946 g/mol. The molecule has 0 radical (unpaired) electrons. The first-order valence-electron chi connectivity index (χ1n) is 21.9. The van der Waals surface area contributed by atoms with Crippen molar-refractivity contribution in [2.24, 2.45) is 11.5 Å². The Morgan fingerprint density at radius 3 is 1.87 bits per heavy atom. The second-order valence-corrected chi connectivity index (χ2v) is 15.5. The maximum Gasteiger partial charge on any atom is 0.303 e. The van der Waals surface area contributed by atoms with Crippen molar-refractivity contribution >= 4 is 69.8 Å². The van der Waals surface area contributed by atoms with Gasteiger partial charge in [0.1, 0.15) is 34.8 Å². The summed E-state index contributed by atoms with van der Waals surface area (Å²) >= 11 is 0. The number of carboxylic acid groups (broad SMARTS) is 1. The summed E-state index contributed by atoms with van der Waals surface area (Å²) in [5, 5.41) is 27.4.